The zero-order valence-electron chi connectivity index (χ0n) is 15.3. The largest absolute Gasteiger partial charge is 0.447 e. The molecule has 3 rings (SSSR count). The van der Waals surface area contributed by atoms with E-state index in [9.17, 15) is 49.6 Å². The molecule has 0 N–H and O–H groups in total. The van der Waals surface area contributed by atoms with E-state index in [-0.39, 0.29) is 27.1 Å². The molecule has 0 aliphatic rings. The molecular formula is C20H8F9NO2. The quantitative estimate of drug-likeness (QED) is 0.248. The number of rotatable bonds is 2. The van der Waals surface area contributed by atoms with Crippen molar-refractivity contribution in [3.8, 4) is 6.07 Å². The molecule has 0 atom stereocenters. The molecule has 0 fully saturated rings. The van der Waals surface area contributed by atoms with Crippen LogP contribution >= 0.6 is 0 Å². The Hall–Kier alpha value is -3.49. The van der Waals surface area contributed by atoms with Crippen molar-refractivity contribution in [3.05, 3.63) is 59.7 Å². The van der Waals surface area contributed by atoms with Crippen molar-refractivity contribution >= 4 is 27.5 Å². The van der Waals surface area contributed by atoms with E-state index in [0.29, 0.717) is 0 Å². The van der Waals surface area contributed by atoms with E-state index in [4.69, 9.17) is 0 Å². The van der Waals surface area contributed by atoms with E-state index in [1.165, 1.54) is 36.4 Å². The first kappa shape index (κ1) is 23.2. The molecule has 12 heteroatoms. The summed E-state index contributed by atoms with van der Waals surface area (Å²) >= 11 is 0. The molecule has 0 spiro atoms. The van der Waals surface area contributed by atoms with Crippen LogP contribution in [0.2, 0.25) is 0 Å². The number of fused-ring (bicyclic) bond motifs is 2. The van der Waals surface area contributed by atoms with E-state index in [0.717, 1.165) is 12.1 Å². The number of hydrogen-bond donors (Lipinski definition) is 0. The lowest BCUT2D eigenvalue weighted by atomic mass is 9.92. The van der Waals surface area contributed by atoms with Gasteiger partial charge in [0, 0.05) is 10.8 Å². The van der Waals surface area contributed by atoms with Gasteiger partial charge in [0.15, 0.2) is 0 Å². The summed E-state index contributed by atoms with van der Waals surface area (Å²) in [5.41, 5.74) is -7.82. The van der Waals surface area contributed by atoms with Crippen LogP contribution in [0.25, 0.3) is 21.5 Å². The van der Waals surface area contributed by atoms with Crippen molar-refractivity contribution in [2.45, 2.75) is 24.1 Å². The fourth-order valence-electron chi connectivity index (χ4n) is 3.31. The first-order valence-corrected chi connectivity index (χ1v) is 8.44. The second-order valence-electron chi connectivity index (χ2n) is 6.52. The van der Waals surface area contributed by atoms with Crippen molar-refractivity contribution in [3.63, 3.8) is 0 Å². The van der Waals surface area contributed by atoms with E-state index in [1.807, 2.05) is 6.07 Å². The summed E-state index contributed by atoms with van der Waals surface area (Å²) in [5, 5.41) is 8.61. The number of carbonyl (C=O) groups is 1. The van der Waals surface area contributed by atoms with Crippen molar-refractivity contribution in [1.29, 1.82) is 5.26 Å². The lowest BCUT2D eigenvalue weighted by Crippen LogP contribution is -2.68. The fraction of sp³-hybridized carbons (Fsp3) is 0.200. The zero-order chi connectivity index (χ0) is 24.1. The van der Waals surface area contributed by atoms with Gasteiger partial charge in [-0.1, -0.05) is 48.5 Å². The molecule has 168 valence electrons. The molecule has 0 saturated carbocycles. The van der Waals surface area contributed by atoms with Gasteiger partial charge in [0.25, 0.3) is 0 Å². The first-order chi connectivity index (χ1) is 14.7. The van der Waals surface area contributed by atoms with Crippen LogP contribution in [-0.4, -0.2) is 30.1 Å². The number of esters is 1. The van der Waals surface area contributed by atoms with Crippen molar-refractivity contribution in [2.75, 3.05) is 0 Å². The number of carbonyl (C=O) groups excluding carboxylic acids is 1. The van der Waals surface area contributed by atoms with Crippen LogP contribution in [0, 0.1) is 11.3 Å². The van der Waals surface area contributed by atoms with Crippen LogP contribution in [0.3, 0.4) is 0 Å². The molecule has 3 nitrogen and oxygen atoms in total. The predicted octanol–water partition coefficient (Wildman–Crippen LogP) is 6.45. The number of nitriles is 1. The maximum atomic E-state index is 13.2. The third-order valence-electron chi connectivity index (χ3n) is 4.69. The molecule has 0 amide bonds. The number of alkyl halides is 9. The van der Waals surface area contributed by atoms with Gasteiger partial charge in [0.05, 0.1) is 11.1 Å². The van der Waals surface area contributed by atoms with Gasteiger partial charge in [-0.25, -0.2) is 4.79 Å². The second-order valence-corrected chi connectivity index (χ2v) is 6.52. The summed E-state index contributed by atoms with van der Waals surface area (Å²) in [6.07, 6.45) is -21.2. The molecule has 32 heavy (non-hydrogen) atoms. The molecule has 0 saturated heterocycles. The number of ether oxygens (including phenoxy) is 1. The second kappa shape index (κ2) is 7.29. The van der Waals surface area contributed by atoms with Gasteiger partial charge in [-0.2, -0.15) is 44.8 Å². The molecule has 3 aromatic rings. The van der Waals surface area contributed by atoms with E-state index in [2.05, 4.69) is 4.74 Å². The summed E-state index contributed by atoms with van der Waals surface area (Å²) < 4.78 is 122. The topological polar surface area (TPSA) is 50.1 Å². The van der Waals surface area contributed by atoms with Crippen LogP contribution in [0.1, 0.15) is 15.9 Å². The molecule has 0 aliphatic carbocycles. The Balaban J connectivity index is 2.39. The van der Waals surface area contributed by atoms with Crippen LogP contribution in [0.5, 0.6) is 0 Å². The molecule has 0 bridgehead atoms. The van der Waals surface area contributed by atoms with Gasteiger partial charge in [-0.05, 0) is 10.8 Å². The molecule has 3 aromatic carbocycles. The van der Waals surface area contributed by atoms with Gasteiger partial charge in [-0.15, -0.1) is 0 Å². The number of hydrogen-bond acceptors (Lipinski definition) is 3. The normalized spacial score (nSPS) is 13.2. The van der Waals surface area contributed by atoms with Crippen molar-refractivity contribution in [2.24, 2.45) is 0 Å². The summed E-state index contributed by atoms with van der Waals surface area (Å²) in [7, 11) is 0. The third-order valence-corrected chi connectivity index (χ3v) is 4.69. The highest BCUT2D eigenvalue weighted by Gasteiger charge is 2.87. The van der Waals surface area contributed by atoms with Crippen LogP contribution in [-0.2, 0) is 4.74 Å². The molecular weight excluding hydrogens is 457 g/mol. The minimum Gasteiger partial charge on any atom is -0.428 e. The summed E-state index contributed by atoms with van der Waals surface area (Å²) in [6.45, 7) is 0. The average Bonchev–Trinajstić information content (AvgIpc) is 2.66. The third kappa shape index (κ3) is 3.28. The smallest absolute Gasteiger partial charge is 0.428 e. The summed E-state index contributed by atoms with van der Waals surface area (Å²) in [5.74, 6) is -2.51. The summed E-state index contributed by atoms with van der Waals surface area (Å²) in [6, 6.07) is 11.6. The highest BCUT2D eigenvalue weighted by atomic mass is 19.4. The van der Waals surface area contributed by atoms with Crippen LogP contribution in [0.4, 0.5) is 39.5 Å². The number of nitrogens with zero attached hydrogens (tertiary/aromatic N) is 1. The molecule has 0 aliphatic heterocycles. The van der Waals surface area contributed by atoms with Crippen molar-refractivity contribution in [1.82, 2.24) is 0 Å². The average molecular weight is 465 g/mol. The maximum Gasteiger partial charge on any atom is 0.447 e. The van der Waals surface area contributed by atoms with Gasteiger partial charge in [0.2, 0.25) is 0 Å². The zero-order valence-corrected chi connectivity index (χ0v) is 15.3. The predicted molar refractivity (Wildman–Crippen MR) is 92.5 cm³/mol. The highest BCUT2D eigenvalue weighted by molar-refractivity contribution is 6.19. The molecule has 0 radical (unpaired) electrons. The fourth-order valence-corrected chi connectivity index (χ4v) is 3.31. The van der Waals surface area contributed by atoms with E-state index in [1.54, 1.807) is 0 Å². The van der Waals surface area contributed by atoms with Gasteiger partial charge in [-0.3, -0.25) is 0 Å². The SMILES string of the molecule is N#Cc1c2ccccc2c(C(=O)OC(C(F)(F)F)(C(F)(F)F)C(F)(F)F)c2ccccc12. The lowest BCUT2D eigenvalue weighted by Gasteiger charge is -2.37. The number of halogens is 9. The van der Waals surface area contributed by atoms with E-state index < -0.39 is 35.7 Å². The molecule has 0 aromatic heterocycles. The van der Waals surface area contributed by atoms with Crippen LogP contribution < -0.4 is 0 Å². The minimum atomic E-state index is -7.07. The summed E-state index contributed by atoms with van der Waals surface area (Å²) in [4.78, 5) is 12.6. The van der Waals surface area contributed by atoms with Gasteiger partial charge in [0.1, 0.15) is 6.07 Å². The Morgan fingerprint density at radius 3 is 1.34 bits per heavy atom. The Bertz CT molecular complexity index is 1160. The Labute approximate surface area is 172 Å². The Morgan fingerprint density at radius 2 is 1.03 bits per heavy atom. The Kier molecular flexibility index (Phi) is 5.28. The standard InChI is InChI=1S/C20H8F9NO2/c21-18(22,23)17(19(24,25)26,20(27,28)29)32-16(31)15-12-7-3-1-5-10(12)14(9-30)11-6-2-4-8-13(11)15/h1-8H. The van der Waals surface area contributed by atoms with Crippen molar-refractivity contribution < 1.29 is 49.0 Å². The van der Waals surface area contributed by atoms with Crippen LogP contribution in [0.15, 0.2) is 48.5 Å². The highest BCUT2D eigenvalue weighted by Crippen LogP contribution is 2.55. The molecule has 0 unspecified atom stereocenters. The van der Waals surface area contributed by atoms with Gasteiger partial charge >= 0.3 is 30.1 Å². The monoisotopic (exact) mass is 465 g/mol. The maximum absolute atomic E-state index is 13.2. The minimum absolute atomic E-state index is 0.0720. The Morgan fingerprint density at radius 1 is 0.688 bits per heavy atom. The number of benzene rings is 3. The molecule has 0 heterocycles. The van der Waals surface area contributed by atoms with E-state index >= 15 is 0 Å². The first-order valence-electron chi connectivity index (χ1n) is 8.44. The van der Waals surface area contributed by atoms with Gasteiger partial charge < -0.3 is 4.74 Å². The lowest BCUT2D eigenvalue weighted by molar-refractivity contribution is -0.443.